The maximum absolute atomic E-state index is 14.0. The zero-order valence-electron chi connectivity index (χ0n) is 14.0. The number of hydrogen-bond donors (Lipinski definition) is 1. The van der Waals surface area contributed by atoms with Gasteiger partial charge in [0.2, 0.25) is 15.9 Å². The van der Waals surface area contributed by atoms with Crippen LogP contribution in [0.3, 0.4) is 0 Å². The van der Waals surface area contributed by atoms with E-state index in [0.29, 0.717) is 23.4 Å². The summed E-state index contributed by atoms with van der Waals surface area (Å²) in [4.78, 5) is 12.3. The van der Waals surface area contributed by atoms with Gasteiger partial charge in [-0.3, -0.25) is 4.79 Å². The lowest BCUT2D eigenvalue weighted by Crippen LogP contribution is -2.39. The summed E-state index contributed by atoms with van der Waals surface area (Å²) in [7, 11) is -2.50. The molecule has 4 rings (SSSR count). The van der Waals surface area contributed by atoms with E-state index in [2.05, 4.69) is 5.32 Å². The molecule has 0 aliphatic carbocycles. The first-order valence-electron chi connectivity index (χ1n) is 8.13. The molecule has 1 fully saturated rings. The minimum atomic E-state index is -4.03. The van der Waals surface area contributed by atoms with Gasteiger partial charge in [0.25, 0.3) is 0 Å². The van der Waals surface area contributed by atoms with Crippen LogP contribution in [0.15, 0.2) is 47.4 Å². The lowest BCUT2D eigenvalue weighted by molar-refractivity contribution is -0.120. The van der Waals surface area contributed by atoms with Gasteiger partial charge < -0.3 is 10.1 Å². The molecule has 26 heavy (non-hydrogen) atoms. The quantitative estimate of drug-likeness (QED) is 0.890. The van der Waals surface area contributed by atoms with Crippen LogP contribution in [0.5, 0.6) is 5.75 Å². The second-order valence-corrected chi connectivity index (χ2v) is 8.37. The number of ether oxygens (including phenoxy) is 1. The summed E-state index contributed by atoms with van der Waals surface area (Å²) >= 11 is 0. The van der Waals surface area contributed by atoms with Crippen LogP contribution in [0.4, 0.5) is 10.1 Å². The molecule has 1 atom stereocenters. The summed E-state index contributed by atoms with van der Waals surface area (Å²) in [6, 6.07) is 10.5. The number of nitrogens with zero attached hydrogens (tertiary/aromatic N) is 1. The van der Waals surface area contributed by atoms with Crippen molar-refractivity contribution in [3.05, 3.63) is 53.8 Å². The Morgan fingerprint density at radius 3 is 2.73 bits per heavy atom. The summed E-state index contributed by atoms with van der Waals surface area (Å²) in [5.41, 5.74) is 0.386. The van der Waals surface area contributed by atoms with Crippen LogP contribution in [-0.2, 0) is 20.2 Å². The monoisotopic (exact) mass is 376 g/mol. The van der Waals surface area contributed by atoms with Crippen molar-refractivity contribution in [1.82, 2.24) is 4.31 Å². The molecule has 1 amide bonds. The molecule has 1 N–H and O–H groups in total. The highest BCUT2D eigenvalue weighted by Crippen LogP contribution is 2.46. The highest BCUT2D eigenvalue weighted by Gasteiger charge is 2.53. The lowest BCUT2D eigenvalue weighted by atomic mass is 9.81. The number of anilines is 1. The number of benzene rings is 2. The summed E-state index contributed by atoms with van der Waals surface area (Å²) in [6.45, 7) is 0.108. The van der Waals surface area contributed by atoms with Crippen molar-refractivity contribution in [3.8, 4) is 5.75 Å². The van der Waals surface area contributed by atoms with Crippen LogP contribution in [0.2, 0.25) is 0 Å². The van der Waals surface area contributed by atoms with Gasteiger partial charge in [0, 0.05) is 18.8 Å². The number of halogens is 1. The number of amides is 1. The second kappa shape index (κ2) is 5.78. The number of hydrogen-bond acceptors (Lipinski definition) is 4. The van der Waals surface area contributed by atoms with Crippen LogP contribution in [0.1, 0.15) is 12.0 Å². The van der Waals surface area contributed by atoms with E-state index in [1.165, 1.54) is 29.6 Å². The summed E-state index contributed by atoms with van der Waals surface area (Å²) in [5, 5.41) is 2.81. The Hall–Kier alpha value is -2.45. The van der Waals surface area contributed by atoms with Gasteiger partial charge in [0.1, 0.15) is 16.5 Å². The molecular weight excluding hydrogens is 359 g/mol. The maximum atomic E-state index is 14.0. The van der Waals surface area contributed by atoms with E-state index in [1.54, 1.807) is 18.2 Å². The Labute approximate surface area is 150 Å². The number of sulfonamides is 1. The number of rotatable bonds is 3. The molecule has 0 radical (unpaired) electrons. The lowest BCUT2D eigenvalue weighted by Gasteiger charge is -2.23. The molecule has 6 nitrogen and oxygen atoms in total. The molecule has 2 aliphatic heterocycles. The second-order valence-electron chi connectivity index (χ2n) is 6.47. The maximum Gasteiger partial charge on any atom is 0.246 e. The van der Waals surface area contributed by atoms with E-state index in [0.717, 1.165) is 6.07 Å². The van der Waals surface area contributed by atoms with Crippen molar-refractivity contribution >= 4 is 21.6 Å². The normalized spacial score (nSPS) is 22.5. The highest BCUT2D eigenvalue weighted by atomic mass is 32.2. The Bertz CT molecular complexity index is 1010. The third-order valence-corrected chi connectivity index (χ3v) is 6.99. The Morgan fingerprint density at radius 2 is 2.00 bits per heavy atom. The number of methoxy groups -OCH3 is 1. The largest absolute Gasteiger partial charge is 0.497 e. The van der Waals surface area contributed by atoms with Gasteiger partial charge >= 0.3 is 0 Å². The molecule has 8 heteroatoms. The van der Waals surface area contributed by atoms with E-state index < -0.39 is 21.3 Å². The zero-order chi connectivity index (χ0) is 18.5. The first kappa shape index (κ1) is 17.0. The topological polar surface area (TPSA) is 75.7 Å². The third kappa shape index (κ3) is 2.33. The summed E-state index contributed by atoms with van der Waals surface area (Å²) in [5.74, 6) is -0.451. The van der Waals surface area contributed by atoms with Crippen molar-refractivity contribution < 1.29 is 22.3 Å². The van der Waals surface area contributed by atoms with Crippen LogP contribution in [-0.4, -0.2) is 38.8 Å². The molecule has 1 saturated heterocycles. The van der Waals surface area contributed by atoms with Gasteiger partial charge in [-0.15, -0.1) is 0 Å². The minimum absolute atomic E-state index is 0.0321. The van der Waals surface area contributed by atoms with Gasteiger partial charge in [-0.2, -0.15) is 4.31 Å². The van der Waals surface area contributed by atoms with Crippen LogP contribution in [0, 0.1) is 5.82 Å². The molecule has 2 aromatic carbocycles. The van der Waals surface area contributed by atoms with Crippen molar-refractivity contribution in [2.24, 2.45) is 0 Å². The minimum Gasteiger partial charge on any atom is -0.497 e. The van der Waals surface area contributed by atoms with Gasteiger partial charge in [-0.25, -0.2) is 12.8 Å². The molecule has 0 saturated carbocycles. The summed E-state index contributed by atoms with van der Waals surface area (Å²) < 4.78 is 46.2. The van der Waals surface area contributed by atoms with Gasteiger partial charge in [-0.1, -0.05) is 12.1 Å². The third-order valence-electron chi connectivity index (χ3n) is 5.11. The van der Waals surface area contributed by atoms with Crippen molar-refractivity contribution in [1.29, 1.82) is 0 Å². The number of fused-ring (bicyclic) bond motifs is 2. The molecule has 2 aliphatic rings. The van der Waals surface area contributed by atoms with E-state index >= 15 is 0 Å². The molecule has 2 aromatic rings. The van der Waals surface area contributed by atoms with Crippen molar-refractivity contribution in [3.63, 3.8) is 0 Å². The molecule has 136 valence electrons. The van der Waals surface area contributed by atoms with Crippen molar-refractivity contribution in [2.75, 3.05) is 25.5 Å². The molecule has 2 heterocycles. The zero-order valence-corrected chi connectivity index (χ0v) is 14.8. The standard InChI is InChI=1S/C18H17FN2O4S/c1-25-12-6-7-15-13(10-12)18(17(22)20-15)8-9-21(11-18)26(23,24)16-5-3-2-4-14(16)19/h2-7,10H,8-9,11H2,1H3,(H,20,22). The average Bonchev–Trinajstić information content (AvgIpc) is 3.19. The van der Waals surface area contributed by atoms with Crippen LogP contribution in [0.25, 0.3) is 0 Å². The van der Waals surface area contributed by atoms with Crippen LogP contribution >= 0.6 is 0 Å². The number of nitrogens with one attached hydrogen (secondary N) is 1. The fraction of sp³-hybridized carbons (Fsp3) is 0.278. The number of carbonyl (C=O) groups excluding carboxylic acids is 1. The number of carbonyl (C=O) groups is 1. The van der Waals surface area contributed by atoms with E-state index in [9.17, 15) is 17.6 Å². The predicted octanol–water partition coefficient (Wildman–Crippen LogP) is 2.12. The van der Waals surface area contributed by atoms with Gasteiger partial charge in [-0.05, 0) is 42.3 Å². The Balaban J connectivity index is 1.74. The molecular formula is C18H17FN2O4S. The predicted molar refractivity (Wildman–Crippen MR) is 93.1 cm³/mol. The SMILES string of the molecule is COc1ccc2c(c1)C1(CCN(S(=O)(=O)c3ccccc3F)C1)C(=O)N2. The average molecular weight is 376 g/mol. The fourth-order valence-electron chi connectivity index (χ4n) is 3.70. The van der Waals surface area contributed by atoms with E-state index in [4.69, 9.17) is 4.74 Å². The first-order valence-corrected chi connectivity index (χ1v) is 9.57. The van der Waals surface area contributed by atoms with Crippen molar-refractivity contribution in [2.45, 2.75) is 16.7 Å². The Kier molecular flexibility index (Phi) is 3.78. The molecule has 0 aromatic heterocycles. The van der Waals surface area contributed by atoms with Gasteiger partial charge in [0.15, 0.2) is 0 Å². The Morgan fingerprint density at radius 1 is 1.23 bits per heavy atom. The summed E-state index contributed by atoms with van der Waals surface area (Å²) in [6.07, 6.45) is 0.326. The molecule has 1 unspecified atom stereocenters. The smallest absolute Gasteiger partial charge is 0.246 e. The van der Waals surface area contributed by atoms with E-state index in [-0.39, 0.29) is 23.9 Å². The fourth-order valence-corrected chi connectivity index (χ4v) is 5.26. The van der Waals surface area contributed by atoms with Gasteiger partial charge in [0.05, 0.1) is 12.5 Å². The van der Waals surface area contributed by atoms with Crippen LogP contribution < -0.4 is 10.1 Å². The highest BCUT2D eigenvalue weighted by molar-refractivity contribution is 7.89. The molecule has 0 bridgehead atoms. The molecule has 1 spiro atoms. The van der Waals surface area contributed by atoms with E-state index in [1.807, 2.05) is 0 Å². The first-order chi connectivity index (χ1) is 12.4.